The highest BCUT2D eigenvalue weighted by molar-refractivity contribution is 5.78. The van der Waals surface area contributed by atoms with E-state index in [2.05, 4.69) is 25.0 Å². The molecule has 0 saturated heterocycles. The summed E-state index contributed by atoms with van der Waals surface area (Å²) in [5.74, 6) is 0.620. The maximum atomic E-state index is 4.65. The lowest BCUT2D eigenvalue weighted by Crippen LogP contribution is -1.96. The second-order valence-corrected chi connectivity index (χ2v) is 4.63. The van der Waals surface area contributed by atoms with E-state index < -0.39 is 0 Å². The van der Waals surface area contributed by atoms with Gasteiger partial charge in [-0.3, -0.25) is 4.99 Å². The second kappa shape index (κ2) is 7.17. The number of aliphatic imine (C=N–C) groups is 1. The van der Waals surface area contributed by atoms with Crippen molar-refractivity contribution in [2.75, 3.05) is 18.5 Å². The van der Waals surface area contributed by atoms with Gasteiger partial charge in [-0.15, -0.1) is 0 Å². The molecule has 1 N–H and O–H groups in total. The van der Waals surface area contributed by atoms with Crippen LogP contribution in [0.25, 0.3) is 10.9 Å². The van der Waals surface area contributed by atoms with Crippen molar-refractivity contribution < 1.29 is 4.74 Å². The van der Waals surface area contributed by atoms with Crippen molar-refractivity contribution in [2.24, 2.45) is 4.99 Å². The molecule has 3 aromatic rings. The smallest absolute Gasteiger partial charge is 0.227 e. The van der Waals surface area contributed by atoms with Crippen LogP contribution in [-0.4, -0.2) is 29.5 Å². The molecule has 0 atom stereocenters. The SMILES string of the molecule is C1=NCCO1.c1ccc(Nc2ncc3ccccc3n2)cc1. The van der Waals surface area contributed by atoms with Crippen molar-refractivity contribution in [3.05, 3.63) is 60.8 Å². The molecule has 0 bridgehead atoms. The lowest BCUT2D eigenvalue weighted by atomic mass is 10.2. The summed E-state index contributed by atoms with van der Waals surface area (Å²) >= 11 is 0. The predicted octanol–water partition coefficient (Wildman–Crippen LogP) is 3.42. The zero-order chi connectivity index (χ0) is 15.0. The van der Waals surface area contributed by atoms with Crippen LogP contribution >= 0.6 is 0 Å². The third-order valence-electron chi connectivity index (χ3n) is 3.01. The molecule has 5 heteroatoms. The Hall–Kier alpha value is -2.95. The third kappa shape index (κ3) is 3.79. The number of aromatic nitrogens is 2. The number of para-hydroxylation sites is 2. The number of rotatable bonds is 2. The van der Waals surface area contributed by atoms with Gasteiger partial charge in [0.05, 0.1) is 12.1 Å². The molecule has 0 fully saturated rings. The quantitative estimate of drug-likeness (QED) is 0.786. The summed E-state index contributed by atoms with van der Waals surface area (Å²) in [5.41, 5.74) is 1.93. The maximum absolute atomic E-state index is 4.65. The molecule has 0 spiro atoms. The summed E-state index contributed by atoms with van der Waals surface area (Å²) in [4.78, 5) is 12.5. The van der Waals surface area contributed by atoms with Crippen LogP contribution in [-0.2, 0) is 4.74 Å². The first-order chi connectivity index (χ1) is 10.9. The Labute approximate surface area is 128 Å². The highest BCUT2D eigenvalue weighted by Gasteiger charge is 1.99. The molecule has 0 saturated carbocycles. The summed E-state index contributed by atoms with van der Waals surface area (Å²) in [7, 11) is 0. The molecule has 0 aliphatic carbocycles. The Balaban J connectivity index is 0.000000246. The van der Waals surface area contributed by atoms with Crippen molar-refractivity contribution in [1.82, 2.24) is 9.97 Å². The zero-order valence-electron chi connectivity index (χ0n) is 12.0. The molecule has 4 rings (SSSR count). The highest BCUT2D eigenvalue weighted by Crippen LogP contribution is 2.15. The van der Waals surface area contributed by atoms with Gasteiger partial charge in [0.1, 0.15) is 6.61 Å². The van der Waals surface area contributed by atoms with Crippen LogP contribution in [0.2, 0.25) is 0 Å². The van der Waals surface area contributed by atoms with E-state index in [9.17, 15) is 0 Å². The Morgan fingerprint density at radius 3 is 2.50 bits per heavy atom. The van der Waals surface area contributed by atoms with Crippen molar-refractivity contribution in [2.45, 2.75) is 0 Å². The first-order valence-corrected chi connectivity index (χ1v) is 7.05. The van der Waals surface area contributed by atoms with E-state index in [1.807, 2.05) is 60.8 Å². The fraction of sp³-hybridized carbons (Fsp3) is 0.118. The van der Waals surface area contributed by atoms with Crippen LogP contribution in [0.4, 0.5) is 11.6 Å². The summed E-state index contributed by atoms with van der Waals surface area (Å²) in [5, 5.41) is 4.22. The normalized spacial score (nSPS) is 12.4. The Kier molecular flexibility index (Phi) is 4.57. The number of anilines is 2. The fourth-order valence-corrected chi connectivity index (χ4v) is 1.95. The van der Waals surface area contributed by atoms with Crippen LogP contribution < -0.4 is 5.32 Å². The van der Waals surface area contributed by atoms with E-state index in [0.717, 1.165) is 29.7 Å². The van der Waals surface area contributed by atoms with Crippen molar-refractivity contribution in [3.8, 4) is 0 Å². The topological polar surface area (TPSA) is 59.4 Å². The molecule has 0 amide bonds. The third-order valence-corrected chi connectivity index (χ3v) is 3.01. The molecule has 0 unspecified atom stereocenters. The molecule has 1 aliphatic rings. The Morgan fingerprint density at radius 2 is 1.77 bits per heavy atom. The van der Waals surface area contributed by atoms with Crippen LogP contribution in [0.1, 0.15) is 0 Å². The largest absolute Gasteiger partial charge is 0.482 e. The average molecular weight is 292 g/mol. The Bertz CT molecular complexity index is 753. The molecule has 0 radical (unpaired) electrons. The zero-order valence-corrected chi connectivity index (χ0v) is 12.0. The summed E-state index contributed by atoms with van der Waals surface area (Å²) in [6, 6.07) is 17.8. The van der Waals surface area contributed by atoms with E-state index in [0.29, 0.717) is 5.95 Å². The molecular weight excluding hydrogens is 276 g/mol. The number of ether oxygens (including phenoxy) is 1. The fourth-order valence-electron chi connectivity index (χ4n) is 1.95. The van der Waals surface area contributed by atoms with Crippen LogP contribution in [0.15, 0.2) is 65.8 Å². The highest BCUT2D eigenvalue weighted by atomic mass is 16.5. The predicted molar refractivity (Wildman–Crippen MR) is 88.6 cm³/mol. The lowest BCUT2D eigenvalue weighted by Gasteiger charge is -2.04. The molecule has 22 heavy (non-hydrogen) atoms. The number of nitrogens with zero attached hydrogens (tertiary/aromatic N) is 3. The van der Waals surface area contributed by atoms with E-state index in [1.54, 1.807) is 0 Å². The molecule has 2 heterocycles. The van der Waals surface area contributed by atoms with Gasteiger partial charge in [-0.1, -0.05) is 36.4 Å². The summed E-state index contributed by atoms with van der Waals surface area (Å²) < 4.78 is 4.65. The molecular formula is C17H16N4O. The molecule has 1 aromatic heterocycles. The monoisotopic (exact) mass is 292 g/mol. The van der Waals surface area contributed by atoms with E-state index in [1.165, 1.54) is 6.40 Å². The van der Waals surface area contributed by atoms with E-state index in [4.69, 9.17) is 0 Å². The minimum atomic E-state index is 0.620. The molecule has 1 aliphatic heterocycles. The van der Waals surface area contributed by atoms with Gasteiger partial charge in [0.15, 0.2) is 6.40 Å². The van der Waals surface area contributed by atoms with Gasteiger partial charge in [-0.2, -0.15) is 0 Å². The van der Waals surface area contributed by atoms with Gasteiger partial charge in [-0.05, 0) is 18.2 Å². The number of hydrogen-bond donors (Lipinski definition) is 1. The number of nitrogens with one attached hydrogen (secondary N) is 1. The van der Waals surface area contributed by atoms with Gasteiger partial charge in [0.25, 0.3) is 0 Å². The van der Waals surface area contributed by atoms with Crippen molar-refractivity contribution in [3.63, 3.8) is 0 Å². The first kappa shape index (κ1) is 14.0. The minimum absolute atomic E-state index is 0.620. The van der Waals surface area contributed by atoms with Crippen LogP contribution in [0.5, 0.6) is 0 Å². The standard InChI is InChI=1S/C14H11N3.C3H5NO/c1-2-7-12(8-3-1)16-14-15-10-11-6-4-5-9-13(11)17-14;1-2-5-3-4-1/h1-10H,(H,15,16,17);3H,1-2H2. The number of fused-ring (bicyclic) bond motifs is 1. The summed E-state index contributed by atoms with van der Waals surface area (Å²) in [6.07, 6.45) is 3.31. The second-order valence-electron chi connectivity index (χ2n) is 4.63. The summed E-state index contributed by atoms with van der Waals surface area (Å²) in [6.45, 7) is 1.62. The minimum Gasteiger partial charge on any atom is -0.482 e. The van der Waals surface area contributed by atoms with Gasteiger partial charge < -0.3 is 10.1 Å². The van der Waals surface area contributed by atoms with Crippen molar-refractivity contribution in [1.29, 1.82) is 0 Å². The number of benzene rings is 2. The maximum Gasteiger partial charge on any atom is 0.227 e. The van der Waals surface area contributed by atoms with E-state index >= 15 is 0 Å². The van der Waals surface area contributed by atoms with Gasteiger partial charge in [-0.25, -0.2) is 9.97 Å². The van der Waals surface area contributed by atoms with Gasteiger partial charge >= 0.3 is 0 Å². The molecule has 5 nitrogen and oxygen atoms in total. The average Bonchev–Trinajstić information content (AvgIpc) is 3.15. The first-order valence-electron chi connectivity index (χ1n) is 7.05. The Morgan fingerprint density at radius 1 is 0.955 bits per heavy atom. The van der Waals surface area contributed by atoms with E-state index in [-0.39, 0.29) is 0 Å². The molecule has 110 valence electrons. The lowest BCUT2D eigenvalue weighted by molar-refractivity contribution is 0.361. The number of hydrogen-bond acceptors (Lipinski definition) is 5. The van der Waals surface area contributed by atoms with Crippen molar-refractivity contribution >= 4 is 28.9 Å². The van der Waals surface area contributed by atoms with Crippen LogP contribution in [0.3, 0.4) is 0 Å². The van der Waals surface area contributed by atoms with Gasteiger partial charge in [0.2, 0.25) is 5.95 Å². The molecule has 2 aromatic carbocycles. The van der Waals surface area contributed by atoms with Crippen LogP contribution in [0, 0.1) is 0 Å². The van der Waals surface area contributed by atoms with Gasteiger partial charge in [0, 0.05) is 17.3 Å².